The first-order valence-electron chi connectivity index (χ1n) is 7.18. The molecule has 5 N–H and O–H groups in total. The van der Waals surface area contributed by atoms with Gasteiger partial charge in [0.1, 0.15) is 11.8 Å². The minimum absolute atomic E-state index is 0.101. The average Bonchev–Trinajstić information content (AvgIpc) is 2.48. The van der Waals surface area contributed by atoms with Crippen molar-refractivity contribution >= 4 is 63.0 Å². The van der Waals surface area contributed by atoms with Crippen LogP contribution in [0.25, 0.3) is 0 Å². The summed E-state index contributed by atoms with van der Waals surface area (Å²) in [6.45, 7) is 2.49. The molecule has 25 heavy (non-hydrogen) atoms. The van der Waals surface area contributed by atoms with E-state index in [1.54, 1.807) is 12.1 Å². The summed E-state index contributed by atoms with van der Waals surface area (Å²) in [6, 6.07) is 0.839. The first kappa shape index (κ1) is 21.9. The van der Waals surface area contributed by atoms with Crippen LogP contribution >= 0.6 is 45.2 Å². The molecule has 1 aromatic rings. The zero-order chi connectivity index (χ0) is 19.3. The maximum absolute atomic E-state index is 12.4. The number of nitrogens with one attached hydrogen (secondary N) is 2. The van der Waals surface area contributed by atoms with E-state index in [2.05, 4.69) is 10.6 Å². The highest BCUT2D eigenvalue weighted by molar-refractivity contribution is 14.1. The molecule has 0 bridgehead atoms. The lowest BCUT2D eigenvalue weighted by Crippen LogP contribution is -2.55. The Kier molecular flexibility index (Phi) is 8.34. The molecular weight excluding hydrogens is 558 g/mol. The Hall–Kier alpha value is -1.15. The number of carbonyl (C=O) groups excluding carboxylic acids is 2. The number of hydrogen-bond acceptors (Lipinski definition) is 5. The van der Waals surface area contributed by atoms with Gasteiger partial charge < -0.3 is 26.0 Å². The van der Waals surface area contributed by atoms with Gasteiger partial charge in [-0.2, -0.15) is 0 Å². The minimum atomic E-state index is -1.48. The van der Waals surface area contributed by atoms with E-state index >= 15 is 0 Å². The van der Waals surface area contributed by atoms with E-state index in [1.807, 2.05) is 45.2 Å². The number of halogens is 2. The van der Waals surface area contributed by atoms with Crippen LogP contribution in [0, 0.1) is 7.14 Å². The quantitative estimate of drug-likeness (QED) is 0.302. The third-order valence-corrected chi connectivity index (χ3v) is 4.90. The van der Waals surface area contributed by atoms with Crippen LogP contribution < -0.4 is 10.6 Å². The lowest BCUT2D eigenvalue weighted by atomic mass is 10.0. The molecule has 2 amide bonds. The Morgan fingerprint density at radius 3 is 2.08 bits per heavy atom. The first-order valence-corrected chi connectivity index (χ1v) is 9.34. The molecule has 0 heterocycles. The number of hydrogen-bond donors (Lipinski definition) is 5. The van der Waals surface area contributed by atoms with Crippen LogP contribution in [0.3, 0.4) is 0 Å². The van der Waals surface area contributed by atoms with E-state index in [0.29, 0.717) is 12.7 Å². The fourth-order valence-electron chi connectivity index (χ4n) is 2.07. The van der Waals surface area contributed by atoms with Crippen LogP contribution in [0.5, 0.6) is 5.75 Å². The van der Waals surface area contributed by atoms with Gasteiger partial charge in [-0.05, 0) is 69.8 Å². The lowest BCUT2D eigenvalue weighted by molar-refractivity contribution is -0.145. The topological polar surface area (TPSA) is 136 Å². The summed E-state index contributed by atoms with van der Waals surface area (Å²) in [6.07, 6.45) is -1.20. The van der Waals surface area contributed by atoms with Gasteiger partial charge in [0, 0.05) is 13.3 Å². The highest BCUT2D eigenvalue weighted by atomic mass is 127. The third kappa shape index (κ3) is 6.58. The summed E-state index contributed by atoms with van der Waals surface area (Å²) in [7, 11) is 0. The molecule has 0 fully saturated rings. The number of aromatic hydroxyl groups is 1. The summed E-state index contributed by atoms with van der Waals surface area (Å²) in [4.78, 5) is 34.9. The number of phenolic OH excluding ortho intramolecular Hbond substituents is 1. The predicted molar refractivity (Wildman–Crippen MR) is 106 cm³/mol. The number of aliphatic hydroxyl groups is 1. The fraction of sp³-hybridized carbons (Fsp3) is 0.400. The van der Waals surface area contributed by atoms with Gasteiger partial charge >= 0.3 is 5.97 Å². The number of aliphatic hydroxyl groups excluding tert-OH is 1. The molecule has 3 atom stereocenters. The van der Waals surface area contributed by atoms with Crippen LogP contribution in [0.1, 0.15) is 19.4 Å². The van der Waals surface area contributed by atoms with Gasteiger partial charge in [0.05, 0.1) is 13.2 Å². The Morgan fingerprint density at radius 1 is 1.16 bits per heavy atom. The maximum atomic E-state index is 12.4. The predicted octanol–water partition coefficient (Wildman–Crippen LogP) is 0.599. The Bertz CT molecular complexity index is 657. The van der Waals surface area contributed by atoms with Crippen molar-refractivity contribution in [1.82, 2.24) is 10.6 Å². The number of carbonyl (C=O) groups is 3. The molecule has 0 radical (unpaired) electrons. The Balaban J connectivity index is 3.02. The number of benzene rings is 1. The van der Waals surface area contributed by atoms with Crippen molar-refractivity contribution in [2.24, 2.45) is 0 Å². The second-order valence-electron chi connectivity index (χ2n) is 5.43. The van der Waals surface area contributed by atoms with Crippen molar-refractivity contribution in [1.29, 1.82) is 0 Å². The normalized spacial score (nSPS) is 14.3. The zero-order valence-electron chi connectivity index (χ0n) is 13.4. The summed E-state index contributed by atoms with van der Waals surface area (Å²) in [5.41, 5.74) is 0.685. The van der Waals surface area contributed by atoms with Gasteiger partial charge in [0.15, 0.2) is 6.04 Å². The number of carboxylic acid groups (broad SMARTS) is 1. The molecule has 138 valence electrons. The van der Waals surface area contributed by atoms with Crippen molar-refractivity contribution in [3.63, 3.8) is 0 Å². The molecule has 8 nitrogen and oxygen atoms in total. The second kappa shape index (κ2) is 9.52. The average molecular weight is 576 g/mol. The van der Waals surface area contributed by atoms with Crippen LogP contribution in [-0.2, 0) is 20.8 Å². The van der Waals surface area contributed by atoms with Crippen LogP contribution in [0.4, 0.5) is 0 Å². The van der Waals surface area contributed by atoms with Crippen molar-refractivity contribution in [2.45, 2.75) is 38.5 Å². The van der Waals surface area contributed by atoms with Crippen molar-refractivity contribution in [2.75, 3.05) is 0 Å². The van der Waals surface area contributed by atoms with E-state index in [-0.39, 0.29) is 12.2 Å². The number of carboxylic acids is 1. The van der Waals surface area contributed by atoms with E-state index in [1.165, 1.54) is 13.8 Å². The highest BCUT2D eigenvalue weighted by Crippen LogP contribution is 2.27. The Labute approximate surface area is 171 Å². The summed E-state index contributed by atoms with van der Waals surface area (Å²) < 4.78 is 1.18. The second-order valence-corrected chi connectivity index (χ2v) is 7.75. The molecule has 0 unspecified atom stereocenters. The van der Waals surface area contributed by atoms with E-state index in [4.69, 9.17) is 5.11 Å². The monoisotopic (exact) mass is 576 g/mol. The van der Waals surface area contributed by atoms with E-state index in [0.717, 1.165) is 0 Å². The molecule has 0 aliphatic rings. The first-order chi connectivity index (χ1) is 11.5. The molecule has 0 aliphatic heterocycles. The smallest absolute Gasteiger partial charge is 0.328 e. The highest BCUT2D eigenvalue weighted by Gasteiger charge is 2.29. The summed E-state index contributed by atoms with van der Waals surface area (Å²) in [5, 5.41) is 33.0. The molecule has 0 aliphatic carbocycles. The summed E-state index contributed by atoms with van der Waals surface area (Å²) in [5.74, 6) is -2.42. The van der Waals surface area contributed by atoms with Gasteiger partial charge in [-0.1, -0.05) is 0 Å². The molecule has 1 rings (SSSR count). The van der Waals surface area contributed by atoms with E-state index in [9.17, 15) is 24.6 Å². The van der Waals surface area contributed by atoms with Gasteiger partial charge in [-0.25, -0.2) is 4.79 Å². The molecular formula is C15H18I2N2O6. The third-order valence-electron chi connectivity index (χ3n) is 3.26. The van der Waals surface area contributed by atoms with Crippen molar-refractivity contribution in [3.8, 4) is 5.75 Å². The minimum Gasteiger partial charge on any atom is -0.506 e. The lowest BCUT2D eigenvalue weighted by Gasteiger charge is -2.22. The fourth-order valence-corrected chi connectivity index (χ4v) is 3.97. The SMILES string of the molecule is CC(=O)N[C@@H](Cc1cc(I)c(O)c(I)c1)C(=O)N[C@@H](C(=O)O)[C@@H](C)O. The van der Waals surface area contributed by atoms with Crippen LogP contribution in [0.2, 0.25) is 0 Å². The number of amides is 2. The van der Waals surface area contributed by atoms with Gasteiger partial charge in [-0.15, -0.1) is 0 Å². The van der Waals surface area contributed by atoms with Crippen molar-refractivity contribution in [3.05, 3.63) is 24.8 Å². The Morgan fingerprint density at radius 2 is 1.68 bits per heavy atom. The largest absolute Gasteiger partial charge is 0.506 e. The van der Waals surface area contributed by atoms with Crippen LogP contribution in [-0.4, -0.2) is 51.3 Å². The van der Waals surface area contributed by atoms with Gasteiger partial charge in [-0.3, -0.25) is 9.59 Å². The van der Waals surface area contributed by atoms with Crippen molar-refractivity contribution < 1.29 is 29.7 Å². The molecule has 0 spiro atoms. The molecule has 1 aromatic carbocycles. The van der Waals surface area contributed by atoms with Gasteiger partial charge in [0.25, 0.3) is 0 Å². The summed E-state index contributed by atoms with van der Waals surface area (Å²) >= 11 is 3.90. The maximum Gasteiger partial charge on any atom is 0.328 e. The molecule has 10 heteroatoms. The number of rotatable bonds is 7. The van der Waals surface area contributed by atoms with Gasteiger partial charge in [0.2, 0.25) is 11.8 Å². The van der Waals surface area contributed by atoms with Crippen LogP contribution in [0.15, 0.2) is 12.1 Å². The standard InChI is InChI=1S/C15H18I2N2O6/c1-6(20)12(15(24)25)19-14(23)11(18-7(2)21)5-8-3-9(16)13(22)10(17)4-8/h3-4,6,11-12,20,22H,5H2,1-2H3,(H,18,21)(H,19,23)(H,24,25)/t6-,11+,12-/m1/s1. The van der Waals surface area contributed by atoms with E-state index < -0.39 is 36.0 Å². The zero-order valence-corrected chi connectivity index (χ0v) is 17.7. The number of phenols is 1. The molecule has 0 saturated heterocycles. The molecule has 0 saturated carbocycles. The number of aliphatic carboxylic acids is 1. The molecule has 0 aromatic heterocycles.